The lowest BCUT2D eigenvalue weighted by Gasteiger charge is -1.97. The monoisotopic (exact) mass is 225 g/mol. The Hall–Kier alpha value is -1.62. The van der Waals surface area contributed by atoms with Crippen LogP contribution in [0.25, 0.3) is 5.65 Å². The summed E-state index contributed by atoms with van der Waals surface area (Å²) < 4.78 is 1.70. The van der Waals surface area contributed by atoms with Gasteiger partial charge in [-0.3, -0.25) is 9.20 Å². The van der Waals surface area contributed by atoms with Gasteiger partial charge in [-0.2, -0.15) is 0 Å². The molecule has 15 heavy (non-hydrogen) atoms. The molecule has 78 valence electrons. The SMILES string of the molecule is O=C(O)CCc1nnc2ccc(Cl)cn12. The van der Waals surface area contributed by atoms with E-state index in [1.807, 2.05) is 0 Å². The third-order valence-electron chi connectivity index (χ3n) is 2.00. The number of fused-ring (bicyclic) bond motifs is 1. The quantitative estimate of drug-likeness (QED) is 0.858. The van der Waals surface area contributed by atoms with Crippen LogP contribution in [-0.4, -0.2) is 25.7 Å². The molecule has 0 aliphatic heterocycles. The van der Waals surface area contributed by atoms with Crippen molar-refractivity contribution in [2.24, 2.45) is 0 Å². The molecule has 2 aromatic rings. The van der Waals surface area contributed by atoms with Crippen LogP contribution < -0.4 is 0 Å². The van der Waals surface area contributed by atoms with Crippen LogP contribution in [0.3, 0.4) is 0 Å². The first-order valence-corrected chi connectivity index (χ1v) is 4.75. The average molecular weight is 226 g/mol. The van der Waals surface area contributed by atoms with Crippen LogP contribution in [0.1, 0.15) is 12.2 Å². The Balaban J connectivity index is 2.35. The zero-order chi connectivity index (χ0) is 10.8. The smallest absolute Gasteiger partial charge is 0.303 e. The second-order valence-electron chi connectivity index (χ2n) is 3.09. The maximum atomic E-state index is 10.4. The molecule has 0 bridgehead atoms. The summed E-state index contributed by atoms with van der Waals surface area (Å²) in [6.07, 6.45) is 2.05. The first kappa shape index (κ1) is 9.92. The number of hydrogen-bond acceptors (Lipinski definition) is 3. The number of hydrogen-bond donors (Lipinski definition) is 1. The number of aryl methyl sites for hydroxylation is 1. The van der Waals surface area contributed by atoms with Crippen LogP contribution in [0.4, 0.5) is 0 Å². The van der Waals surface area contributed by atoms with Crippen LogP contribution >= 0.6 is 11.6 Å². The lowest BCUT2D eigenvalue weighted by molar-refractivity contribution is -0.137. The van der Waals surface area contributed by atoms with Crippen molar-refractivity contribution in [2.45, 2.75) is 12.8 Å². The summed E-state index contributed by atoms with van der Waals surface area (Å²) in [6, 6.07) is 3.45. The zero-order valence-electron chi connectivity index (χ0n) is 7.72. The molecule has 5 nitrogen and oxygen atoms in total. The van der Waals surface area contributed by atoms with Gasteiger partial charge in [-0.25, -0.2) is 0 Å². The lowest BCUT2D eigenvalue weighted by atomic mass is 10.3. The highest BCUT2D eigenvalue weighted by Crippen LogP contribution is 2.12. The lowest BCUT2D eigenvalue weighted by Crippen LogP contribution is -2.01. The Bertz CT molecular complexity index is 509. The molecule has 0 aromatic carbocycles. The molecule has 0 unspecified atom stereocenters. The Labute approximate surface area is 90.3 Å². The van der Waals surface area contributed by atoms with Gasteiger partial charge in [-0.15, -0.1) is 10.2 Å². The highest BCUT2D eigenvalue weighted by atomic mass is 35.5. The minimum atomic E-state index is -0.853. The molecule has 0 radical (unpaired) electrons. The van der Waals surface area contributed by atoms with E-state index in [0.717, 1.165) is 0 Å². The summed E-state index contributed by atoms with van der Waals surface area (Å²) in [5.74, 6) is -0.247. The van der Waals surface area contributed by atoms with E-state index in [2.05, 4.69) is 10.2 Å². The minimum Gasteiger partial charge on any atom is -0.481 e. The van der Waals surface area contributed by atoms with Gasteiger partial charge in [0.2, 0.25) is 0 Å². The molecule has 0 atom stereocenters. The molecule has 0 saturated heterocycles. The van der Waals surface area contributed by atoms with Crippen molar-refractivity contribution in [3.63, 3.8) is 0 Å². The summed E-state index contributed by atoms with van der Waals surface area (Å²) in [5, 5.41) is 16.9. The largest absolute Gasteiger partial charge is 0.481 e. The number of pyridine rings is 1. The molecule has 2 aromatic heterocycles. The number of carboxylic acid groups (broad SMARTS) is 1. The highest BCUT2D eigenvalue weighted by Gasteiger charge is 2.07. The Morgan fingerprint density at radius 3 is 3.00 bits per heavy atom. The number of halogens is 1. The van der Waals surface area contributed by atoms with Gasteiger partial charge in [-0.05, 0) is 12.1 Å². The topological polar surface area (TPSA) is 67.5 Å². The molecule has 0 spiro atoms. The molecule has 0 amide bonds. The van der Waals surface area contributed by atoms with Gasteiger partial charge in [-0.1, -0.05) is 11.6 Å². The van der Waals surface area contributed by atoms with Crippen molar-refractivity contribution in [1.29, 1.82) is 0 Å². The van der Waals surface area contributed by atoms with E-state index >= 15 is 0 Å². The second-order valence-corrected chi connectivity index (χ2v) is 3.52. The molecule has 2 heterocycles. The third kappa shape index (κ3) is 2.07. The fourth-order valence-corrected chi connectivity index (χ4v) is 1.46. The summed E-state index contributed by atoms with van der Waals surface area (Å²) >= 11 is 5.82. The van der Waals surface area contributed by atoms with Crippen molar-refractivity contribution >= 4 is 23.2 Å². The average Bonchev–Trinajstić information content (AvgIpc) is 2.57. The Morgan fingerprint density at radius 2 is 2.27 bits per heavy atom. The van der Waals surface area contributed by atoms with E-state index < -0.39 is 5.97 Å². The summed E-state index contributed by atoms with van der Waals surface area (Å²) in [6.45, 7) is 0. The van der Waals surface area contributed by atoms with Crippen molar-refractivity contribution in [3.8, 4) is 0 Å². The van der Waals surface area contributed by atoms with Gasteiger partial charge in [0.15, 0.2) is 5.65 Å². The van der Waals surface area contributed by atoms with E-state index in [1.165, 1.54) is 0 Å². The fraction of sp³-hybridized carbons (Fsp3) is 0.222. The van der Waals surface area contributed by atoms with Crippen molar-refractivity contribution in [1.82, 2.24) is 14.6 Å². The van der Waals surface area contributed by atoms with Crippen LogP contribution in [-0.2, 0) is 11.2 Å². The molecule has 0 aliphatic carbocycles. The number of aliphatic carboxylic acids is 1. The van der Waals surface area contributed by atoms with Crippen molar-refractivity contribution < 1.29 is 9.90 Å². The van der Waals surface area contributed by atoms with E-state index in [0.29, 0.717) is 22.9 Å². The molecule has 0 aliphatic rings. The standard InChI is InChI=1S/C9H8ClN3O2/c10-6-1-2-7-11-12-8(13(7)5-6)3-4-9(14)15/h1-2,5H,3-4H2,(H,14,15). The van der Waals surface area contributed by atoms with Crippen molar-refractivity contribution in [2.75, 3.05) is 0 Å². The molecule has 0 fully saturated rings. The van der Waals surface area contributed by atoms with Crippen LogP contribution in [0.15, 0.2) is 18.3 Å². The van der Waals surface area contributed by atoms with Crippen LogP contribution in [0.5, 0.6) is 0 Å². The van der Waals surface area contributed by atoms with E-state index in [1.54, 1.807) is 22.7 Å². The minimum absolute atomic E-state index is 0.0350. The van der Waals surface area contributed by atoms with Crippen LogP contribution in [0.2, 0.25) is 5.02 Å². The summed E-state index contributed by atoms with van der Waals surface area (Å²) in [5.41, 5.74) is 0.666. The molecular formula is C9H8ClN3O2. The van der Waals surface area contributed by atoms with Gasteiger partial charge >= 0.3 is 5.97 Å². The van der Waals surface area contributed by atoms with Crippen LogP contribution in [0, 0.1) is 0 Å². The zero-order valence-corrected chi connectivity index (χ0v) is 8.48. The van der Waals surface area contributed by atoms with E-state index in [-0.39, 0.29) is 6.42 Å². The van der Waals surface area contributed by atoms with Gasteiger partial charge in [0.1, 0.15) is 5.82 Å². The maximum absolute atomic E-state index is 10.4. The predicted octanol–water partition coefficient (Wildman–Crippen LogP) is 1.40. The normalized spacial score (nSPS) is 10.7. The molecule has 1 N–H and O–H groups in total. The Kier molecular flexibility index (Phi) is 2.55. The first-order valence-electron chi connectivity index (χ1n) is 4.38. The highest BCUT2D eigenvalue weighted by molar-refractivity contribution is 6.30. The van der Waals surface area contributed by atoms with Gasteiger partial charge in [0.05, 0.1) is 11.4 Å². The number of aromatic nitrogens is 3. The third-order valence-corrected chi connectivity index (χ3v) is 2.22. The van der Waals surface area contributed by atoms with E-state index in [4.69, 9.17) is 16.7 Å². The Morgan fingerprint density at radius 1 is 1.47 bits per heavy atom. The molecule has 6 heteroatoms. The molecule has 0 saturated carbocycles. The summed E-state index contributed by atoms with van der Waals surface area (Å²) in [4.78, 5) is 10.4. The molecular weight excluding hydrogens is 218 g/mol. The number of nitrogens with zero attached hydrogens (tertiary/aromatic N) is 3. The van der Waals surface area contributed by atoms with Crippen molar-refractivity contribution in [3.05, 3.63) is 29.2 Å². The predicted molar refractivity (Wildman–Crippen MR) is 54.0 cm³/mol. The number of rotatable bonds is 3. The maximum Gasteiger partial charge on any atom is 0.303 e. The fourth-order valence-electron chi connectivity index (χ4n) is 1.30. The van der Waals surface area contributed by atoms with Gasteiger partial charge in [0.25, 0.3) is 0 Å². The molecule has 2 rings (SSSR count). The first-order chi connectivity index (χ1) is 7.16. The van der Waals surface area contributed by atoms with Gasteiger partial charge < -0.3 is 5.11 Å². The number of carboxylic acids is 1. The van der Waals surface area contributed by atoms with Gasteiger partial charge in [0, 0.05) is 12.6 Å². The van der Waals surface area contributed by atoms with E-state index in [9.17, 15) is 4.79 Å². The second kappa shape index (κ2) is 3.86. The number of carbonyl (C=O) groups is 1. The summed E-state index contributed by atoms with van der Waals surface area (Å²) in [7, 11) is 0.